The lowest BCUT2D eigenvalue weighted by molar-refractivity contribution is 0.387. The van der Waals surface area contributed by atoms with Gasteiger partial charge in [0, 0.05) is 31.9 Å². The van der Waals surface area contributed by atoms with E-state index in [9.17, 15) is 8.42 Å². The van der Waals surface area contributed by atoms with E-state index in [1.807, 2.05) is 25.1 Å². The zero-order valence-corrected chi connectivity index (χ0v) is 10.9. The minimum absolute atomic E-state index is 0.536. The Morgan fingerprint density at radius 2 is 1.82 bits per heavy atom. The van der Waals surface area contributed by atoms with Gasteiger partial charge >= 0.3 is 0 Å². The van der Waals surface area contributed by atoms with Crippen LogP contribution in [0.4, 0.5) is 5.82 Å². The van der Waals surface area contributed by atoms with Crippen LogP contribution in [0.2, 0.25) is 0 Å². The third-order valence-corrected chi connectivity index (χ3v) is 4.21. The molecule has 1 saturated heterocycles. The van der Waals surface area contributed by atoms with E-state index in [-0.39, 0.29) is 0 Å². The summed E-state index contributed by atoms with van der Waals surface area (Å²) in [7, 11) is -3.05. The van der Waals surface area contributed by atoms with Crippen molar-refractivity contribution in [1.82, 2.24) is 9.29 Å². The van der Waals surface area contributed by atoms with Crippen LogP contribution in [0.15, 0.2) is 18.2 Å². The maximum atomic E-state index is 11.4. The lowest BCUT2D eigenvalue weighted by atomic mass is 10.3. The highest BCUT2D eigenvalue weighted by atomic mass is 32.2. The van der Waals surface area contributed by atoms with E-state index in [2.05, 4.69) is 9.88 Å². The second-order valence-electron chi connectivity index (χ2n) is 4.29. The van der Waals surface area contributed by atoms with Crippen molar-refractivity contribution in [2.75, 3.05) is 37.3 Å². The minimum atomic E-state index is -3.05. The van der Waals surface area contributed by atoms with Crippen LogP contribution in [0.5, 0.6) is 0 Å². The zero-order chi connectivity index (χ0) is 12.5. The monoisotopic (exact) mass is 255 g/mol. The molecular weight excluding hydrogens is 238 g/mol. The van der Waals surface area contributed by atoms with Gasteiger partial charge in [-0.2, -0.15) is 4.31 Å². The Balaban J connectivity index is 2.05. The summed E-state index contributed by atoms with van der Waals surface area (Å²) in [4.78, 5) is 6.56. The Hall–Kier alpha value is -1.14. The van der Waals surface area contributed by atoms with Gasteiger partial charge in [0.05, 0.1) is 6.26 Å². The molecule has 17 heavy (non-hydrogen) atoms. The van der Waals surface area contributed by atoms with Gasteiger partial charge in [0.15, 0.2) is 0 Å². The van der Waals surface area contributed by atoms with Gasteiger partial charge in [0.2, 0.25) is 10.0 Å². The first kappa shape index (κ1) is 12.3. The van der Waals surface area contributed by atoms with Gasteiger partial charge in [0.1, 0.15) is 5.82 Å². The van der Waals surface area contributed by atoms with E-state index >= 15 is 0 Å². The number of rotatable bonds is 2. The molecular formula is C11H17N3O2S. The molecule has 1 aliphatic rings. The molecule has 0 atom stereocenters. The first-order valence-corrected chi connectivity index (χ1v) is 7.45. The number of hydrogen-bond donors (Lipinski definition) is 0. The fraction of sp³-hybridized carbons (Fsp3) is 0.545. The molecule has 0 unspecified atom stereocenters. The predicted octanol–water partition coefficient (Wildman–Crippen LogP) is 0.472. The highest BCUT2D eigenvalue weighted by molar-refractivity contribution is 7.88. The van der Waals surface area contributed by atoms with Crippen molar-refractivity contribution >= 4 is 15.8 Å². The van der Waals surface area contributed by atoms with Crippen molar-refractivity contribution in [2.45, 2.75) is 6.92 Å². The van der Waals surface area contributed by atoms with E-state index in [1.165, 1.54) is 10.6 Å². The van der Waals surface area contributed by atoms with E-state index in [4.69, 9.17) is 0 Å². The topological polar surface area (TPSA) is 53.5 Å². The smallest absolute Gasteiger partial charge is 0.211 e. The summed E-state index contributed by atoms with van der Waals surface area (Å²) in [5.74, 6) is 0.929. The quantitative estimate of drug-likeness (QED) is 0.771. The van der Waals surface area contributed by atoms with Crippen molar-refractivity contribution in [3.8, 4) is 0 Å². The average molecular weight is 255 g/mol. The summed E-state index contributed by atoms with van der Waals surface area (Å²) in [6.45, 7) is 4.42. The van der Waals surface area contributed by atoms with E-state index < -0.39 is 10.0 Å². The number of anilines is 1. The van der Waals surface area contributed by atoms with E-state index in [1.54, 1.807) is 0 Å². The number of aryl methyl sites for hydroxylation is 1. The minimum Gasteiger partial charge on any atom is -0.354 e. The molecule has 2 rings (SSSR count). The molecule has 94 valence electrons. The highest BCUT2D eigenvalue weighted by Crippen LogP contribution is 2.15. The maximum absolute atomic E-state index is 11.4. The molecule has 0 saturated carbocycles. The van der Waals surface area contributed by atoms with Crippen molar-refractivity contribution < 1.29 is 8.42 Å². The molecule has 0 spiro atoms. The van der Waals surface area contributed by atoms with Crippen LogP contribution in [0.1, 0.15) is 5.69 Å². The van der Waals surface area contributed by atoms with Gasteiger partial charge in [-0.25, -0.2) is 13.4 Å². The predicted molar refractivity (Wildman–Crippen MR) is 67.6 cm³/mol. The van der Waals surface area contributed by atoms with Crippen LogP contribution in [-0.4, -0.2) is 50.1 Å². The van der Waals surface area contributed by atoms with Crippen molar-refractivity contribution in [2.24, 2.45) is 0 Å². The number of aromatic nitrogens is 1. The summed E-state index contributed by atoms with van der Waals surface area (Å²) in [6.07, 6.45) is 1.26. The third-order valence-electron chi connectivity index (χ3n) is 2.91. The number of piperazine rings is 1. The lowest BCUT2D eigenvalue weighted by Gasteiger charge is -2.34. The summed E-state index contributed by atoms with van der Waals surface area (Å²) >= 11 is 0. The molecule has 0 aromatic carbocycles. The highest BCUT2D eigenvalue weighted by Gasteiger charge is 2.23. The van der Waals surface area contributed by atoms with Crippen LogP contribution >= 0.6 is 0 Å². The lowest BCUT2D eigenvalue weighted by Crippen LogP contribution is -2.48. The summed E-state index contributed by atoms with van der Waals surface area (Å²) in [6, 6.07) is 5.89. The second-order valence-corrected chi connectivity index (χ2v) is 6.27. The molecule has 5 nitrogen and oxygen atoms in total. The van der Waals surface area contributed by atoms with Crippen LogP contribution in [0.25, 0.3) is 0 Å². The SMILES string of the molecule is Cc1cccc(N2CCN(S(C)(=O)=O)CC2)n1. The van der Waals surface area contributed by atoms with Gasteiger partial charge in [-0.05, 0) is 19.1 Å². The molecule has 1 aromatic rings. The van der Waals surface area contributed by atoms with Crippen LogP contribution in [0.3, 0.4) is 0 Å². The number of hydrogen-bond acceptors (Lipinski definition) is 4. The van der Waals surface area contributed by atoms with Crippen molar-refractivity contribution in [3.05, 3.63) is 23.9 Å². The van der Waals surface area contributed by atoms with Crippen LogP contribution < -0.4 is 4.90 Å². The second kappa shape index (κ2) is 4.62. The fourth-order valence-electron chi connectivity index (χ4n) is 1.95. The van der Waals surface area contributed by atoms with Gasteiger partial charge in [-0.1, -0.05) is 6.07 Å². The van der Waals surface area contributed by atoms with Crippen molar-refractivity contribution in [1.29, 1.82) is 0 Å². The Kier molecular flexibility index (Phi) is 3.35. The van der Waals surface area contributed by atoms with Gasteiger partial charge in [-0.3, -0.25) is 0 Å². The van der Waals surface area contributed by atoms with Crippen LogP contribution in [-0.2, 0) is 10.0 Å². The third kappa shape index (κ3) is 2.95. The number of pyridine rings is 1. The Labute approximate surface area is 102 Å². The van der Waals surface area contributed by atoms with Gasteiger partial charge in [0.25, 0.3) is 0 Å². The molecule has 0 radical (unpaired) electrons. The largest absolute Gasteiger partial charge is 0.354 e. The first-order chi connectivity index (χ1) is 7.97. The molecule has 0 aliphatic carbocycles. The summed E-state index contributed by atoms with van der Waals surface area (Å²) in [5, 5.41) is 0. The average Bonchev–Trinajstić information content (AvgIpc) is 2.28. The number of nitrogens with zero attached hydrogens (tertiary/aromatic N) is 3. The molecule has 0 amide bonds. The Morgan fingerprint density at radius 1 is 1.18 bits per heavy atom. The maximum Gasteiger partial charge on any atom is 0.211 e. The molecule has 0 N–H and O–H groups in total. The normalized spacial score (nSPS) is 18.4. The zero-order valence-electron chi connectivity index (χ0n) is 10.1. The van der Waals surface area contributed by atoms with E-state index in [0.717, 1.165) is 11.5 Å². The van der Waals surface area contributed by atoms with Crippen molar-refractivity contribution in [3.63, 3.8) is 0 Å². The summed E-state index contributed by atoms with van der Waals surface area (Å²) in [5.41, 5.74) is 0.980. The van der Waals surface area contributed by atoms with Crippen LogP contribution in [0, 0.1) is 6.92 Å². The fourth-order valence-corrected chi connectivity index (χ4v) is 2.78. The first-order valence-electron chi connectivity index (χ1n) is 5.60. The molecule has 6 heteroatoms. The molecule has 1 fully saturated rings. The van der Waals surface area contributed by atoms with Gasteiger partial charge in [-0.15, -0.1) is 0 Å². The molecule has 0 bridgehead atoms. The molecule has 2 heterocycles. The molecule has 1 aromatic heterocycles. The van der Waals surface area contributed by atoms with E-state index in [0.29, 0.717) is 26.2 Å². The van der Waals surface area contributed by atoms with Gasteiger partial charge < -0.3 is 4.90 Å². The standard InChI is InChI=1S/C11H17N3O2S/c1-10-4-3-5-11(12-10)13-6-8-14(9-7-13)17(2,15)16/h3-5H,6-9H2,1-2H3. The Bertz CT molecular complexity index is 493. The summed E-state index contributed by atoms with van der Waals surface area (Å²) < 4.78 is 24.3. The number of sulfonamides is 1. The molecule has 1 aliphatic heterocycles. The Morgan fingerprint density at radius 3 is 2.35 bits per heavy atom.